The Hall–Kier alpha value is -1.25. The lowest BCUT2D eigenvalue weighted by atomic mass is 10.0. The molecule has 0 spiro atoms. The van der Waals surface area contributed by atoms with Crippen LogP contribution in [0.3, 0.4) is 0 Å². The number of rotatable bonds is 61. The van der Waals surface area contributed by atoms with Gasteiger partial charge in [-0.05, 0) is 38.5 Å². The van der Waals surface area contributed by atoms with Crippen molar-refractivity contribution in [3.63, 3.8) is 0 Å². The second-order valence-corrected chi connectivity index (χ2v) is 25.0. The number of phosphoric ester groups is 1. The standard InChI is InChI=1S/C64H126NO8P/c1-6-8-10-12-14-16-18-20-22-24-26-28-29-30-31-32-33-34-35-37-38-40-42-44-46-48-50-52-54-56-63(66)70-60-62(61-72-74(68,69)71-59-58-65(3,4)5)73-64(67)57-55-53-51-49-47-45-43-41-39-36-27-25-23-21-19-17-15-13-11-9-7-2/h25,27,62H,6-24,26,28-61H2,1-5H3/p+1/b27-25-. The number of nitrogens with zero attached hydrogens (tertiary/aromatic N) is 1. The number of quaternary nitrogens is 1. The Morgan fingerprint density at radius 2 is 0.689 bits per heavy atom. The summed E-state index contributed by atoms with van der Waals surface area (Å²) in [5.41, 5.74) is 0. The molecule has 0 bridgehead atoms. The highest BCUT2D eigenvalue weighted by Gasteiger charge is 2.27. The van der Waals surface area contributed by atoms with Gasteiger partial charge in [0.15, 0.2) is 6.10 Å². The number of esters is 2. The highest BCUT2D eigenvalue weighted by Crippen LogP contribution is 2.43. The Labute approximate surface area is 460 Å². The predicted octanol–water partition coefficient (Wildman–Crippen LogP) is 20.4. The molecule has 74 heavy (non-hydrogen) atoms. The molecular formula is C64H127NO8P+. The van der Waals surface area contributed by atoms with E-state index in [-0.39, 0.29) is 25.6 Å². The lowest BCUT2D eigenvalue weighted by Gasteiger charge is -2.24. The van der Waals surface area contributed by atoms with Crippen molar-refractivity contribution in [3.05, 3.63) is 12.2 Å². The van der Waals surface area contributed by atoms with Crippen molar-refractivity contribution in [2.24, 2.45) is 0 Å². The van der Waals surface area contributed by atoms with E-state index in [9.17, 15) is 19.0 Å². The van der Waals surface area contributed by atoms with Crippen molar-refractivity contribution >= 4 is 19.8 Å². The third kappa shape index (κ3) is 60.0. The molecule has 0 saturated heterocycles. The summed E-state index contributed by atoms with van der Waals surface area (Å²) in [5.74, 6) is -0.778. The molecule has 0 saturated carbocycles. The van der Waals surface area contributed by atoms with Crippen LogP contribution in [0.1, 0.15) is 335 Å². The molecule has 440 valence electrons. The summed E-state index contributed by atoms with van der Waals surface area (Å²) >= 11 is 0. The van der Waals surface area contributed by atoms with E-state index in [0.717, 1.165) is 32.1 Å². The van der Waals surface area contributed by atoms with Crippen LogP contribution in [0.25, 0.3) is 0 Å². The van der Waals surface area contributed by atoms with E-state index in [4.69, 9.17) is 18.5 Å². The summed E-state index contributed by atoms with van der Waals surface area (Å²) in [7, 11) is 1.50. The molecule has 0 aromatic rings. The normalized spacial score (nSPS) is 13.2. The maximum Gasteiger partial charge on any atom is 0.472 e. The number of allylic oxidation sites excluding steroid dienone is 2. The summed E-state index contributed by atoms with van der Waals surface area (Å²) in [6.45, 7) is 4.50. The minimum Gasteiger partial charge on any atom is -0.462 e. The zero-order valence-corrected chi connectivity index (χ0v) is 51.0. The topological polar surface area (TPSA) is 108 Å². The molecule has 2 unspecified atom stereocenters. The number of ether oxygens (including phenoxy) is 2. The third-order valence-electron chi connectivity index (χ3n) is 14.8. The Balaban J connectivity index is 4.02. The highest BCUT2D eigenvalue weighted by molar-refractivity contribution is 7.47. The largest absolute Gasteiger partial charge is 0.472 e. The van der Waals surface area contributed by atoms with E-state index < -0.39 is 26.5 Å². The van der Waals surface area contributed by atoms with Crippen LogP contribution in [0.5, 0.6) is 0 Å². The van der Waals surface area contributed by atoms with Gasteiger partial charge in [-0.25, -0.2) is 4.57 Å². The molecule has 9 nitrogen and oxygen atoms in total. The molecule has 0 fully saturated rings. The van der Waals surface area contributed by atoms with Crippen LogP contribution in [-0.2, 0) is 32.7 Å². The molecule has 0 radical (unpaired) electrons. The molecule has 0 aliphatic heterocycles. The highest BCUT2D eigenvalue weighted by atomic mass is 31.2. The molecule has 0 heterocycles. The Morgan fingerprint density at radius 1 is 0.405 bits per heavy atom. The van der Waals surface area contributed by atoms with E-state index in [1.165, 1.54) is 270 Å². The van der Waals surface area contributed by atoms with Gasteiger partial charge in [-0.1, -0.05) is 296 Å². The van der Waals surface area contributed by atoms with Gasteiger partial charge in [-0.2, -0.15) is 0 Å². The monoisotopic (exact) mass is 1070 g/mol. The molecular weight excluding hydrogens is 942 g/mol. The average Bonchev–Trinajstić information content (AvgIpc) is 3.36. The molecule has 2 atom stereocenters. The van der Waals surface area contributed by atoms with Gasteiger partial charge in [-0.3, -0.25) is 18.6 Å². The Bertz CT molecular complexity index is 1260. The number of hydrogen-bond donors (Lipinski definition) is 1. The van der Waals surface area contributed by atoms with Crippen molar-refractivity contribution in [1.29, 1.82) is 0 Å². The molecule has 0 rings (SSSR count). The number of phosphoric acid groups is 1. The van der Waals surface area contributed by atoms with Gasteiger partial charge >= 0.3 is 19.8 Å². The molecule has 0 aliphatic rings. The van der Waals surface area contributed by atoms with Gasteiger partial charge in [0.05, 0.1) is 27.7 Å². The number of carbonyl (C=O) groups is 2. The smallest absolute Gasteiger partial charge is 0.462 e. The van der Waals surface area contributed by atoms with Crippen LogP contribution >= 0.6 is 7.82 Å². The van der Waals surface area contributed by atoms with Gasteiger partial charge in [0, 0.05) is 12.8 Å². The van der Waals surface area contributed by atoms with Crippen molar-refractivity contribution in [3.8, 4) is 0 Å². The van der Waals surface area contributed by atoms with E-state index in [1.807, 2.05) is 21.1 Å². The van der Waals surface area contributed by atoms with Crippen LogP contribution < -0.4 is 0 Å². The first-order chi connectivity index (χ1) is 36.0. The average molecular weight is 1070 g/mol. The quantitative estimate of drug-likeness (QED) is 0.0211. The maximum absolute atomic E-state index is 12.8. The number of unbranched alkanes of at least 4 members (excludes halogenated alkanes) is 45. The van der Waals surface area contributed by atoms with Gasteiger partial charge < -0.3 is 18.9 Å². The second kappa shape index (κ2) is 56.5. The molecule has 0 amide bonds. The van der Waals surface area contributed by atoms with E-state index in [1.54, 1.807) is 0 Å². The second-order valence-electron chi connectivity index (χ2n) is 23.5. The fraction of sp³-hybridized carbons (Fsp3) is 0.938. The predicted molar refractivity (Wildman–Crippen MR) is 317 cm³/mol. The summed E-state index contributed by atoms with van der Waals surface area (Å²) in [6.07, 6.45) is 67.3. The number of hydrogen-bond acceptors (Lipinski definition) is 7. The van der Waals surface area contributed by atoms with Crippen molar-refractivity contribution in [1.82, 2.24) is 0 Å². The van der Waals surface area contributed by atoms with Crippen LogP contribution in [-0.4, -0.2) is 74.9 Å². The SMILES string of the molecule is CCCCCCCCCC/C=C\CCCCCCCCCCCC(=O)OC(COC(=O)CCCCCCCCCCCCCCCCCCCCCCCCCCCCCCC)COP(=O)(O)OCC[N+](C)(C)C. The van der Waals surface area contributed by atoms with E-state index in [2.05, 4.69) is 26.0 Å². The summed E-state index contributed by atoms with van der Waals surface area (Å²) in [5, 5.41) is 0. The van der Waals surface area contributed by atoms with Gasteiger partial charge in [-0.15, -0.1) is 0 Å². The molecule has 0 aromatic heterocycles. The van der Waals surface area contributed by atoms with E-state index in [0.29, 0.717) is 23.9 Å². The fourth-order valence-corrected chi connectivity index (χ4v) is 10.5. The molecule has 0 aliphatic carbocycles. The molecule has 1 N–H and O–H groups in total. The van der Waals surface area contributed by atoms with Crippen molar-refractivity contribution < 1.29 is 42.1 Å². The number of carbonyl (C=O) groups excluding carboxylic acids is 2. The van der Waals surface area contributed by atoms with Gasteiger partial charge in [0.2, 0.25) is 0 Å². The maximum atomic E-state index is 12.8. The van der Waals surface area contributed by atoms with Crippen molar-refractivity contribution in [2.45, 2.75) is 341 Å². The van der Waals surface area contributed by atoms with Crippen LogP contribution in [0, 0.1) is 0 Å². The zero-order chi connectivity index (χ0) is 54.2. The minimum absolute atomic E-state index is 0.0352. The third-order valence-corrected chi connectivity index (χ3v) is 15.8. The van der Waals surface area contributed by atoms with Crippen LogP contribution in [0.15, 0.2) is 12.2 Å². The zero-order valence-electron chi connectivity index (χ0n) is 50.1. The fourth-order valence-electron chi connectivity index (χ4n) is 9.78. The summed E-state index contributed by atoms with van der Waals surface area (Å²) in [4.78, 5) is 35.8. The summed E-state index contributed by atoms with van der Waals surface area (Å²) < 4.78 is 34.7. The van der Waals surface area contributed by atoms with Crippen LogP contribution in [0.4, 0.5) is 0 Å². The minimum atomic E-state index is -4.38. The van der Waals surface area contributed by atoms with Gasteiger partial charge in [0.25, 0.3) is 0 Å². The molecule has 0 aromatic carbocycles. The van der Waals surface area contributed by atoms with Crippen molar-refractivity contribution in [2.75, 3.05) is 47.5 Å². The molecule has 10 heteroatoms. The first-order valence-corrected chi connectivity index (χ1v) is 33.9. The Kier molecular flexibility index (Phi) is 55.5. The lowest BCUT2D eigenvalue weighted by Crippen LogP contribution is -2.37. The summed E-state index contributed by atoms with van der Waals surface area (Å²) in [6, 6.07) is 0. The van der Waals surface area contributed by atoms with Gasteiger partial charge in [0.1, 0.15) is 19.8 Å². The Morgan fingerprint density at radius 3 is 1.00 bits per heavy atom. The first kappa shape index (κ1) is 72.8. The number of likely N-dealkylation sites (N-methyl/N-ethyl adjacent to an activating group) is 1. The lowest BCUT2D eigenvalue weighted by molar-refractivity contribution is -0.870. The van der Waals surface area contributed by atoms with E-state index >= 15 is 0 Å². The first-order valence-electron chi connectivity index (χ1n) is 32.4. The van der Waals surface area contributed by atoms with Crippen LogP contribution in [0.2, 0.25) is 0 Å².